The molecule has 1 aromatic rings. The van der Waals surface area contributed by atoms with Crippen LogP contribution in [0.1, 0.15) is 0 Å². The Labute approximate surface area is 79.7 Å². The average Bonchev–Trinajstić information content (AvgIpc) is 1.96. The second kappa shape index (κ2) is 3.30. The molecule has 0 spiro atoms. The molecular formula is C6H2F2INO2. The minimum Gasteiger partial charge on any atom is -0.258 e. The monoisotopic (exact) mass is 285 g/mol. The van der Waals surface area contributed by atoms with Crippen LogP contribution in [0.5, 0.6) is 0 Å². The fourth-order valence-corrected chi connectivity index (χ4v) is 1.28. The predicted octanol–water partition coefficient (Wildman–Crippen LogP) is 2.48. The van der Waals surface area contributed by atoms with Crippen LogP contribution >= 0.6 is 22.6 Å². The molecule has 3 nitrogen and oxygen atoms in total. The van der Waals surface area contributed by atoms with Gasteiger partial charge in [-0.15, -0.1) is 0 Å². The van der Waals surface area contributed by atoms with Crippen LogP contribution in [-0.4, -0.2) is 4.92 Å². The molecule has 12 heavy (non-hydrogen) atoms. The number of nitro groups is 1. The van der Waals surface area contributed by atoms with Crippen molar-refractivity contribution in [2.75, 3.05) is 0 Å². The third-order valence-corrected chi connectivity index (χ3v) is 2.05. The molecule has 0 N–H and O–H groups in total. The van der Waals surface area contributed by atoms with E-state index < -0.39 is 22.2 Å². The lowest BCUT2D eigenvalue weighted by atomic mass is 10.3. The molecule has 0 aliphatic carbocycles. The van der Waals surface area contributed by atoms with Gasteiger partial charge in [-0.3, -0.25) is 10.1 Å². The van der Waals surface area contributed by atoms with E-state index in [4.69, 9.17) is 0 Å². The highest BCUT2D eigenvalue weighted by Crippen LogP contribution is 2.23. The van der Waals surface area contributed by atoms with Gasteiger partial charge in [-0.2, -0.15) is 0 Å². The maximum absolute atomic E-state index is 12.4. The van der Waals surface area contributed by atoms with Gasteiger partial charge in [-0.1, -0.05) is 0 Å². The lowest BCUT2D eigenvalue weighted by Gasteiger charge is -1.95. The first-order valence-corrected chi connectivity index (χ1v) is 3.89. The molecule has 1 rings (SSSR count). The van der Waals surface area contributed by atoms with Crippen molar-refractivity contribution in [2.45, 2.75) is 0 Å². The van der Waals surface area contributed by atoms with Gasteiger partial charge in [0.2, 0.25) is 0 Å². The van der Waals surface area contributed by atoms with E-state index in [-0.39, 0.29) is 3.57 Å². The van der Waals surface area contributed by atoms with Crippen molar-refractivity contribution in [3.05, 3.63) is 37.5 Å². The largest absolute Gasteiger partial charge is 0.285 e. The van der Waals surface area contributed by atoms with Crippen molar-refractivity contribution in [3.8, 4) is 0 Å². The summed E-state index contributed by atoms with van der Waals surface area (Å²) in [5.74, 6) is -2.29. The standard InChI is InChI=1S/C6H2F2INO2/c7-3-1-5(9)6(10(11)12)2-4(3)8/h1-2H. The van der Waals surface area contributed by atoms with E-state index in [9.17, 15) is 18.9 Å². The number of nitro benzene ring substituents is 1. The zero-order chi connectivity index (χ0) is 9.30. The molecule has 1 aromatic carbocycles. The molecule has 0 unspecified atom stereocenters. The molecule has 0 aliphatic heterocycles. The molecule has 0 heterocycles. The van der Waals surface area contributed by atoms with Gasteiger partial charge in [0, 0.05) is 0 Å². The summed E-state index contributed by atoms with van der Waals surface area (Å²) >= 11 is 1.57. The Morgan fingerprint density at radius 1 is 1.33 bits per heavy atom. The first kappa shape index (κ1) is 9.30. The van der Waals surface area contributed by atoms with Crippen molar-refractivity contribution in [1.29, 1.82) is 0 Å². The van der Waals surface area contributed by atoms with Gasteiger partial charge in [-0.05, 0) is 28.7 Å². The fourth-order valence-electron chi connectivity index (χ4n) is 0.652. The summed E-state index contributed by atoms with van der Waals surface area (Å²) in [6.07, 6.45) is 0. The van der Waals surface area contributed by atoms with E-state index in [1.165, 1.54) is 0 Å². The Morgan fingerprint density at radius 3 is 2.33 bits per heavy atom. The predicted molar refractivity (Wildman–Crippen MR) is 45.7 cm³/mol. The zero-order valence-electron chi connectivity index (χ0n) is 5.55. The normalized spacial score (nSPS) is 9.92. The summed E-state index contributed by atoms with van der Waals surface area (Å²) in [6.45, 7) is 0. The van der Waals surface area contributed by atoms with Gasteiger partial charge < -0.3 is 0 Å². The quantitative estimate of drug-likeness (QED) is 0.344. The van der Waals surface area contributed by atoms with Crippen LogP contribution in [0.15, 0.2) is 12.1 Å². The number of hydrogen-bond donors (Lipinski definition) is 0. The molecule has 0 fully saturated rings. The highest BCUT2D eigenvalue weighted by molar-refractivity contribution is 14.1. The van der Waals surface area contributed by atoms with Gasteiger partial charge >= 0.3 is 0 Å². The number of hydrogen-bond acceptors (Lipinski definition) is 2. The summed E-state index contributed by atoms with van der Waals surface area (Å²) in [5.41, 5.74) is -0.422. The Bertz CT molecular complexity index is 343. The van der Waals surface area contributed by atoms with E-state index in [1.54, 1.807) is 22.6 Å². The molecule has 0 radical (unpaired) electrons. The number of benzene rings is 1. The summed E-state index contributed by atoms with van der Waals surface area (Å²) in [7, 11) is 0. The highest BCUT2D eigenvalue weighted by Gasteiger charge is 2.15. The lowest BCUT2D eigenvalue weighted by molar-refractivity contribution is -0.386. The van der Waals surface area contributed by atoms with Gasteiger partial charge in [0.15, 0.2) is 11.6 Å². The van der Waals surface area contributed by atoms with Crippen LogP contribution in [-0.2, 0) is 0 Å². The summed E-state index contributed by atoms with van der Waals surface area (Å²) in [6, 6.07) is 1.35. The molecule has 0 saturated heterocycles. The summed E-state index contributed by atoms with van der Waals surface area (Å²) < 4.78 is 24.9. The van der Waals surface area contributed by atoms with Crippen LogP contribution in [0.4, 0.5) is 14.5 Å². The molecule has 0 aromatic heterocycles. The van der Waals surface area contributed by atoms with E-state index >= 15 is 0 Å². The Morgan fingerprint density at radius 2 is 1.83 bits per heavy atom. The maximum atomic E-state index is 12.4. The van der Waals surface area contributed by atoms with Crippen molar-refractivity contribution >= 4 is 28.3 Å². The molecule has 0 atom stereocenters. The highest BCUT2D eigenvalue weighted by atomic mass is 127. The van der Waals surface area contributed by atoms with E-state index in [1.807, 2.05) is 0 Å². The fraction of sp³-hybridized carbons (Fsp3) is 0. The minimum absolute atomic E-state index is 0.0801. The zero-order valence-corrected chi connectivity index (χ0v) is 7.71. The van der Waals surface area contributed by atoms with E-state index in [0.717, 1.165) is 6.07 Å². The van der Waals surface area contributed by atoms with Crippen molar-refractivity contribution in [2.24, 2.45) is 0 Å². The SMILES string of the molecule is O=[N+]([O-])c1cc(F)c(F)cc1I. The lowest BCUT2D eigenvalue weighted by Crippen LogP contribution is -1.94. The number of halogens is 3. The topological polar surface area (TPSA) is 43.1 Å². The van der Waals surface area contributed by atoms with Gasteiger partial charge in [-0.25, -0.2) is 8.78 Å². The second-order valence-electron chi connectivity index (χ2n) is 1.97. The van der Waals surface area contributed by atoms with Crippen LogP contribution in [0.25, 0.3) is 0 Å². The molecule has 0 saturated carbocycles. The smallest absolute Gasteiger partial charge is 0.258 e. The molecule has 0 bridgehead atoms. The molecule has 0 amide bonds. The first-order chi connectivity index (χ1) is 5.52. The summed E-state index contributed by atoms with van der Waals surface area (Å²) in [5, 5.41) is 10.2. The van der Waals surface area contributed by atoms with Crippen LogP contribution < -0.4 is 0 Å². The number of nitrogens with zero attached hydrogens (tertiary/aromatic N) is 1. The molecular weight excluding hydrogens is 283 g/mol. The van der Waals surface area contributed by atoms with Gasteiger partial charge in [0.05, 0.1) is 14.6 Å². The van der Waals surface area contributed by atoms with Gasteiger partial charge in [0.1, 0.15) is 0 Å². The van der Waals surface area contributed by atoms with Crippen molar-refractivity contribution in [1.82, 2.24) is 0 Å². The Kier molecular flexibility index (Phi) is 2.55. The third kappa shape index (κ3) is 1.68. The third-order valence-electron chi connectivity index (χ3n) is 1.19. The minimum atomic E-state index is -1.21. The average molecular weight is 285 g/mol. The molecule has 0 aliphatic rings. The van der Waals surface area contributed by atoms with E-state index in [0.29, 0.717) is 6.07 Å². The van der Waals surface area contributed by atoms with Crippen LogP contribution in [0.3, 0.4) is 0 Å². The number of rotatable bonds is 1. The second-order valence-corrected chi connectivity index (χ2v) is 3.14. The van der Waals surface area contributed by atoms with Crippen LogP contribution in [0.2, 0.25) is 0 Å². The summed E-state index contributed by atoms with van der Waals surface area (Å²) in [4.78, 5) is 9.44. The van der Waals surface area contributed by atoms with Crippen molar-refractivity contribution in [3.63, 3.8) is 0 Å². The molecule has 6 heteroatoms. The molecule has 64 valence electrons. The Balaban J connectivity index is 3.33. The maximum Gasteiger partial charge on any atom is 0.285 e. The van der Waals surface area contributed by atoms with Gasteiger partial charge in [0.25, 0.3) is 5.69 Å². The van der Waals surface area contributed by atoms with E-state index in [2.05, 4.69) is 0 Å². The van der Waals surface area contributed by atoms with Crippen LogP contribution in [0, 0.1) is 25.3 Å². The first-order valence-electron chi connectivity index (χ1n) is 2.81. The Hall–Kier alpha value is -0.790. The van der Waals surface area contributed by atoms with Crippen molar-refractivity contribution < 1.29 is 13.7 Å².